The zero-order valence-electron chi connectivity index (χ0n) is 3.26. The van der Waals surface area contributed by atoms with E-state index >= 15 is 0 Å². The summed E-state index contributed by atoms with van der Waals surface area (Å²) in [6.07, 6.45) is 0. The summed E-state index contributed by atoms with van der Waals surface area (Å²) in [6.45, 7) is 1.30. The van der Waals surface area contributed by atoms with Crippen LogP contribution in [0, 0.1) is 0 Å². The SMILES string of the molecule is CC(=O)N[SH]=O. The molecule has 0 aromatic rings. The van der Waals surface area contributed by atoms with Gasteiger partial charge in [0.1, 0.15) is 11.9 Å². The van der Waals surface area contributed by atoms with Crippen molar-refractivity contribution >= 4 is 17.8 Å². The number of nitrogens with one attached hydrogen (secondary N) is 1. The Kier molecular flexibility index (Phi) is 2.66. The predicted molar refractivity (Wildman–Crippen MR) is 23.4 cm³/mol. The molecule has 0 unspecified atom stereocenters. The molecule has 0 aliphatic carbocycles. The highest BCUT2D eigenvalue weighted by molar-refractivity contribution is 7.64. The average Bonchev–Trinajstić information content (AvgIpc) is 1.35. The molecule has 0 rings (SSSR count). The molecule has 1 amide bonds. The summed E-state index contributed by atoms with van der Waals surface area (Å²) >= 11 is -0.326. The maximum absolute atomic E-state index is 9.73. The Bertz CT molecular complexity index is 71.9. The van der Waals surface area contributed by atoms with Crippen molar-refractivity contribution in [2.24, 2.45) is 0 Å². The Labute approximate surface area is 39.4 Å². The van der Waals surface area contributed by atoms with E-state index in [-0.39, 0.29) is 17.8 Å². The van der Waals surface area contributed by atoms with E-state index in [4.69, 9.17) is 0 Å². The van der Waals surface area contributed by atoms with Crippen molar-refractivity contribution in [3.63, 3.8) is 0 Å². The molecule has 0 spiro atoms. The zero-order valence-corrected chi connectivity index (χ0v) is 4.16. The van der Waals surface area contributed by atoms with Crippen LogP contribution in [-0.4, -0.2) is 10.1 Å². The number of rotatable bonds is 1. The molecule has 6 heavy (non-hydrogen) atoms. The maximum atomic E-state index is 9.73. The van der Waals surface area contributed by atoms with Gasteiger partial charge in [-0.2, -0.15) is 0 Å². The molecule has 36 valence electrons. The van der Waals surface area contributed by atoms with Crippen LogP contribution < -0.4 is 4.72 Å². The molecule has 0 fully saturated rings. The molecule has 0 aromatic heterocycles. The van der Waals surface area contributed by atoms with E-state index in [1.54, 1.807) is 0 Å². The van der Waals surface area contributed by atoms with Crippen LogP contribution in [0.15, 0.2) is 0 Å². The van der Waals surface area contributed by atoms with Crippen molar-refractivity contribution in [3.8, 4) is 0 Å². The third-order valence-electron chi connectivity index (χ3n) is 0.203. The Hall–Kier alpha value is -0.380. The van der Waals surface area contributed by atoms with Crippen LogP contribution >= 0.6 is 0 Å². The second kappa shape index (κ2) is 2.84. The van der Waals surface area contributed by atoms with Crippen molar-refractivity contribution in [2.45, 2.75) is 6.92 Å². The number of hydrogen-bond donors (Lipinski definition) is 2. The third kappa shape index (κ3) is 3.62. The van der Waals surface area contributed by atoms with Gasteiger partial charge < -0.3 is 0 Å². The summed E-state index contributed by atoms with van der Waals surface area (Å²) in [4.78, 5) is 9.73. The summed E-state index contributed by atoms with van der Waals surface area (Å²) in [5.41, 5.74) is 0. The Balaban J connectivity index is 3.05. The van der Waals surface area contributed by atoms with Gasteiger partial charge in [0.15, 0.2) is 0 Å². The maximum Gasteiger partial charge on any atom is 0.228 e. The molecule has 0 saturated heterocycles. The molecule has 0 aliphatic heterocycles. The summed E-state index contributed by atoms with van der Waals surface area (Å²) < 4.78 is 11.4. The van der Waals surface area contributed by atoms with Crippen LogP contribution in [0.25, 0.3) is 0 Å². The van der Waals surface area contributed by atoms with E-state index in [0.29, 0.717) is 0 Å². The van der Waals surface area contributed by atoms with E-state index in [9.17, 15) is 9.00 Å². The quantitative estimate of drug-likeness (QED) is 0.421. The van der Waals surface area contributed by atoms with Gasteiger partial charge in [-0.3, -0.25) is 9.52 Å². The smallest absolute Gasteiger partial charge is 0.228 e. The summed E-state index contributed by atoms with van der Waals surface area (Å²) in [5, 5.41) is 0. The highest BCUT2D eigenvalue weighted by Gasteiger charge is 1.78. The average molecular weight is 107 g/mol. The summed E-state index contributed by atoms with van der Waals surface area (Å²) in [5.74, 6) is -0.285. The third-order valence-corrected chi connectivity index (χ3v) is 0.609. The molecule has 1 N–H and O–H groups in total. The molecule has 4 heteroatoms. The predicted octanol–water partition coefficient (Wildman–Crippen LogP) is -1.02. The van der Waals surface area contributed by atoms with E-state index in [0.717, 1.165) is 0 Å². The van der Waals surface area contributed by atoms with Crippen molar-refractivity contribution in [1.29, 1.82) is 0 Å². The lowest BCUT2D eigenvalue weighted by molar-refractivity contribution is -0.117. The Morgan fingerprint density at radius 2 is 2.33 bits per heavy atom. The first-order chi connectivity index (χ1) is 2.77. The molecular formula is C2H5NO2S. The molecule has 0 atom stereocenters. The number of hydrogen-bond acceptors (Lipinski definition) is 2. The van der Waals surface area contributed by atoms with Gasteiger partial charge in [0.2, 0.25) is 5.91 Å². The number of amides is 1. The van der Waals surface area contributed by atoms with Gasteiger partial charge in [-0.15, -0.1) is 0 Å². The Morgan fingerprint density at radius 1 is 1.83 bits per heavy atom. The second-order valence-corrected chi connectivity index (χ2v) is 1.17. The molecular weight excluding hydrogens is 102 g/mol. The minimum Gasteiger partial charge on any atom is -0.278 e. The molecule has 0 saturated carbocycles. The van der Waals surface area contributed by atoms with Gasteiger partial charge in [-0.1, -0.05) is 0 Å². The fourth-order valence-corrected chi connectivity index (χ4v) is 0.193. The fourth-order valence-electron chi connectivity index (χ4n) is 0.0643. The van der Waals surface area contributed by atoms with Crippen LogP contribution in [-0.2, 0) is 16.6 Å². The van der Waals surface area contributed by atoms with Crippen LogP contribution in [0.5, 0.6) is 0 Å². The van der Waals surface area contributed by atoms with Gasteiger partial charge in [-0.25, -0.2) is 4.21 Å². The van der Waals surface area contributed by atoms with Crippen molar-refractivity contribution in [3.05, 3.63) is 0 Å². The first-order valence-electron chi connectivity index (χ1n) is 1.36. The van der Waals surface area contributed by atoms with Crippen LogP contribution in [0.4, 0.5) is 0 Å². The highest BCUT2D eigenvalue weighted by atomic mass is 32.2. The Morgan fingerprint density at radius 3 is 2.33 bits per heavy atom. The van der Waals surface area contributed by atoms with E-state index in [1.165, 1.54) is 6.92 Å². The minimum atomic E-state index is -0.326. The largest absolute Gasteiger partial charge is 0.278 e. The standard InChI is InChI=1S/C2H5NO2S/c1-2(4)3-6-5/h6H,1H3,(H,3,4,5). The number of carbonyl (C=O) groups is 1. The topological polar surface area (TPSA) is 46.2 Å². The lowest BCUT2D eigenvalue weighted by atomic mass is 10.8. The van der Waals surface area contributed by atoms with Crippen LogP contribution in [0.3, 0.4) is 0 Å². The number of carbonyl (C=O) groups excluding carboxylic acids is 1. The zero-order chi connectivity index (χ0) is 4.99. The molecule has 0 aromatic carbocycles. The molecule has 0 bridgehead atoms. The first kappa shape index (κ1) is 5.62. The summed E-state index contributed by atoms with van der Waals surface area (Å²) in [7, 11) is 0. The molecule has 0 aliphatic rings. The second-order valence-electron chi connectivity index (χ2n) is 0.759. The van der Waals surface area contributed by atoms with Gasteiger partial charge in [-0.05, 0) is 0 Å². The van der Waals surface area contributed by atoms with Crippen LogP contribution in [0.1, 0.15) is 6.92 Å². The van der Waals surface area contributed by atoms with Crippen molar-refractivity contribution < 1.29 is 9.00 Å². The van der Waals surface area contributed by atoms with Crippen LogP contribution in [0.2, 0.25) is 0 Å². The molecule has 0 heterocycles. The fraction of sp³-hybridized carbons (Fsp3) is 0.500. The molecule has 0 radical (unpaired) electrons. The van der Waals surface area contributed by atoms with Gasteiger partial charge in [0.05, 0.1) is 0 Å². The van der Waals surface area contributed by atoms with Crippen molar-refractivity contribution in [2.75, 3.05) is 0 Å². The summed E-state index contributed by atoms with van der Waals surface area (Å²) in [6, 6.07) is 0. The van der Waals surface area contributed by atoms with E-state index in [2.05, 4.69) is 0 Å². The first-order valence-corrected chi connectivity index (χ1v) is 2.17. The molecule has 3 nitrogen and oxygen atoms in total. The van der Waals surface area contributed by atoms with Gasteiger partial charge in [0, 0.05) is 6.92 Å². The normalized spacial score (nSPS) is 7.50. The highest BCUT2D eigenvalue weighted by Crippen LogP contribution is 1.49. The van der Waals surface area contributed by atoms with E-state index in [1.807, 2.05) is 4.72 Å². The lowest BCUT2D eigenvalue weighted by Gasteiger charge is -1.79. The minimum absolute atomic E-state index is 0.285. The van der Waals surface area contributed by atoms with Crippen molar-refractivity contribution in [1.82, 2.24) is 4.72 Å². The van der Waals surface area contributed by atoms with E-state index < -0.39 is 0 Å². The lowest BCUT2D eigenvalue weighted by Crippen LogP contribution is -2.12. The van der Waals surface area contributed by atoms with Gasteiger partial charge >= 0.3 is 0 Å². The monoisotopic (exact) mass is 107 g/mol. The number of thiol groups is 1. The van der Waals surface area contributed by atoms with Gasteiger partial charge in [0.25, 0.3) is 0 Å².